The lowest BCUT2D eigenvalue weighted by atomic mass is 10.1. The molecule has 0 fully saturated rings. The van der Waals surface area contributed by atoms with Gasteiger partial charge in [-0.1, -0.05) is 0 Å². The molecule has 0 saturated heterocycles. The van der Waals surface area contributed by atoms with E-state index >= 15 is 0 Å². The van der Waals surface area contributed by atoms with Crippen LogP contribution < -0.4 is 5.56 Å². The summed E-state index contributed by atoms with van der Waals surface area (Å²) in [5.41, 5.74) is 1.39. The van der Waals surface area contributed by atoms with Crippen molar-refractivity contribution >= 4 is 16.8 Å². The molecular formula is C14H21NO4S. The van der Waals surface area contributed by atoms with Crippen LogP contribution in [0.1, 0.15) is 35.5 Å². The van der Waals surface area contributed by atoms with Gasteiger partial charge in [0, 0.05) is 40.6 Å². The van der Waals surface area contributed by atoms with Crippen molar-refractivity contribution in [2.45, 2.75) is 39.5 Å². The maximum Gasteiger partial charge on any atom is 0.340 e. The fraction of sp³-hybridized carbons (Fsp3) is 0.571. The Morgan fingerprint density at radius 1 is 1.45 bits per heavy atom. The molecule has 2 atom stereocenters. The molecule has 5 nitrogen and oxygen atoms in total. The van der Waals surface area contributed by atoms with E-state index in [2.05, 4.69) is 0 Å². The average molecular weight is 299 g/mol. The second-order valence-corrected chi connectivity index (χ2v) is 6.57. The SMILES string of the molecule is CCOC(=O)c1c(C)cc(=O)n(CC(C)S(C)=O)c1C. The minimum atomic E-state index is -1.03. The molecule has 1 aromatic rings. The molecule has 0 aliphatic rings. The third-order valence-electron chi connectivity index (χ3n) is 3.25. The van der Waals surface area contributed by atoms with Crippen molar-refractivity contribution in [1.82, 2.24) is 4.57 Å². The van der Waals surface area contributed by atoms with Crippen LogP contribution >= 0.6 is 0 Å². The molecule has 0 spiro atoms. The first-order chi connectivity index (χ1) is 9.29. The van der Waals surface area contributed by atoms with Gasteiger partial charge in [-0.25, -0.2) is 4.79 Å². The molecule has 1 rings (SSSR count). The van der Waals surface area contributed by atoms with Crippen molar-refractivity contribution in [2.24, 2.45) is 0 Å². The summed E-state index contributed by atoms with van der Waals surface area (Å²) in [5.74, 6) is -0.429. The molecule has 0 saturated carbocycles. The summed E-state index contributed by atoms with van der Waals surface area (Å²) in [7, 11) is -1.03. The Morgan fingerprint density at radius 2 is 2.05 bits per heavy atom. The third-order valence-corrected chi connectivity index (χ3v) is 4.54. The summed E-state index contributed by atoms with van der Waals surface area (Å²) in [6.45, 7) is 7.58. The molecule has 2 unspecified atom stereocenters. The standard InChI is InChI=1S/C14H21NO4S/c1-6-19-14(17)13-9(2)7-12(16)15(11(13)4)8-10(3)20(5)18/h7,10H,6,8H2,1-5H3. The van der Waals surface area contributed by atoms with Crippen LogP contribution in [0.5, 0.6) is 0 Å². The molecule has 0 amide bonds. The predicted molar refractivity (Wildman–Crippen MR) is 79.7 cm³/mol. The molecular weight excluding hydrogens is 278 g/mol. The number of nitrogens with zero attached hydrogens (tertiary/aromatic N) is 1. The van der Waals surface area contributed by atoms with E-state index in [-0.39, 0.29) is 17.4 Å². The summed E-state index contributed by atoms with van der Waals surface area (Å²) in [6, 6.07) is 1.42. The van der Waals surface area contributed by atoms with Crippen LogP contribution in [0.3, 0.4) is 0 Å². The van der Waals surface area contributed by atoms with Crippen LogP contribution in [0.2, 0.25) is 0 Å². The summed E-state index contributed by atoms with van der Waals surface area (Å²) >= 11 is 0. The number of carbonyl (C=O) groups excluding carboxylic acids is 1. The molecule has 0 aliphatic carbocycles. The molecule has 0 aliphatic heterocycles. The van der Waals surface area contributed by atoms with E-state index < -0.39 is 16.8 Å². The van der Waals surface area contributed by atoms with Gasteiger partial charge in [-0.05, 0) is 33.3 Å². The van der Waals surface area contributed by atoms with E-state index in [4.69, 9.17) is 4.74 Å². The Kier molecular flexibility index (Phi) is 5.68. The number of hydrogen-bond acceptors (Lipinski definition) is 4. The molecule has 6 heteroatoms. The highest BCUT2D eigenvalue weighted by Gasteiger charge is 2.19. The van der Waals surface area contributed by atoms with Crippen molar-refractivity contribution in [3.8, 4) is 0 Å². The summed E-state index contributed by atoms with van der Waals surface area (Å²) < 4.78 is 18.0. The highest BCUT2D eigenvalue weighted by molar-refractivity contribution is 7.84. The Balaban J connectivity index is 3.33. The van der Waals surface area contributed by atoms with Crippen LogP contribution in [0.15, 0.2) is 10.9 Å². The highest BCUT2D eigenvalue weighted by atomic mass is 32.2. The largest absolute Gasteiger partial charge is 0.462 e. The summed E-state index contributed by atoms with van der Waals surface area (Å²) in [6.07, 6.45) is 1.60. The van der Waals surface area contributed by atoms with E-state index in [1.165, 1.54) is 10.6 Å². The van der Waals surface area contributed by atoms with Gasteiger partial charge in [0.05, 0.1) is 12.2 Å². The van der Waals surface area contributed by atoms with Gasteiger partial charge in [-0.15, -0.1) is 0 Å². The first-order valence-corrected chi connectivity index (χ1v) is 8.12. The zero-order chi connectivity index (χ0) is 15.4. The van der Waals surface area contributed by atoms with Crippen molar-refractivity contribution in [1.29, 1.82) is 0 Å². The smallest absolute Gasteiger partial charge is 0.340 e. The van der Waals surface area contributed by atoms with E-state index in [1.807, 2.05) is 6.92 Å². The van der Waals surface area contributed by atoms with E-state index in [1.54, 1.807) is 27.0 Å². The maximum absolute atomic E-state index is 12.1. The zero-order valence-electron chi connectivity index (χ0n) is 12.6. The number of carbonyl (C=O) groups is 1. The maximum atomic E-state index is 12.1. The number of ether oxygens (including phenoxy) is 1. The number of aryl methyl sites for hydroxylation is 1. The summed E-state index contributed by atoms with van der Waals surface area (Å²) in [4.78, 5) is 24.0. The minimum absolute atomic E-state index is 0.163. The van der Waals surface area contributed by atoms with Crippen LogP contribution in [0, 0.1) is 13.8 Å². The van der Waals surface area contributed by atoms with Crippen molar-refractivity contribution in [3.63, 3.8) is 0 Å². The molecule has 1 heterocycles. The predicted octanol–water partition coefficient (Wildman–Crippen LogP) is 1.41. The molecule has 20 heavy (non-hydrogen) atoms. The first kappa shape index (κ1) is 16.6. The Labute approximate surface area is 121 Å². The van der Waals surface area contributed by atoms with Crippen molar-refractivity contribution in [3.05, 3.63) is 33.2 Å². The van der Waals surface area contributed by atoms with Gasteiger partial charge in [0.25, 0.3) is 5.56 Å². The second-order valence-electron chi connectivity index (χ2n) is 4.77. The van der Waals surface area contributed by atoms with Crippen molar-refractivity contribution in [2.75, 3.05) is 12.9 Å². The van der Waals surface area contributed by atoms with Crippen LogP contribution in [0.4, 0.5) is 0 Å². The Hall–Kier alpha value is -1.43. The number of aromatic nitrogens is 1. The van der Waals surface area contributed by atoms with E-state index in [9.17, 15) is 13.8 Å². The Bertz CT molecular complexity index is 592. The van der Waals surface area contributed by atoms with Gasteiger partial charge in [-0.2, -0.15) is 0 Å². The molecule has 112 valence electrons. The van der Waals surface area contributed by atoms with Crippen LogP contribution in [-0.4, -0.2) is 32.9 Å². The molecule has 1 aromatic heterocycles. The van der Waals surface area contributed by atoms with Gasteiger partial charge in [0.1, 0.15) is 0 Å². The molecule has 0 bridgehead atoms. The lowest BCUT2D eigenvalue weighted by Gasteiger charge is -2.17. The van der Waals surface area contributed by atoms with Gasteiger partial charge < -0.3 is 9.30 Å². The van der Waals surface area contributed by atoms with Crippen molar-refractivity contribution < 1.29 is 13.7 Å². The normalized spacial score (nSPS) is 13.8. The van der Waals surface area contributed by atoms with Gasteiger partial charge in [-0.3, -0.25) is 9.00 Å². The fourth-order valence-corrected chi connectivity index (χ4v) is 2.38. The average Bonchev–Trinajstić information content (AvgIpc) is 2.33. The number of rotatable bonds is 5. The third kappa shape index (κ3) is 3.56. The number of esters is 1. The van der Waals surface area contributed by atoms with Crippen LogP contribution in [0.25, 0.3) is 0 Å². The quantitative estimate of drug-likeness (QED) is 0.771. The molecule has 0 aromatic carbocycles. The Morgan fingerprint density at radius 3 is 2.55 bits per heavy atom. The van der Waals surface area contributed by atoms with Gasteiger partial charge in [0.2, 0.25) is 0 Å². The molecule has 0 radical (unpaired) electrons. The molecule has 0 N–H and O–H groups in total. The monoisotopic (exact) mass is 299 g/mol. The zero-order valence-corrected chi connectivity index (χ0v) is 13.4. The first-order valence-electron chi connectivity index (χ1n) is 6.50. The number of pyridine rings is 1. The topological polar surface area (TPSA) is 65.4 Å². The fourth-order valence-electron chi connectivity index (χ4n) is 2.02. The lowest BCUT2D eigenvalue weighted by molar-refractivity contribution is 0.0523. The van der Waals surface area contributed by atoms with E-state index in [0.29, 0.717) is 23.4 Å². The summed E-state index contributed by atoms with van der Waals surface area (Å²) in [5, 5.41) is -0.163. The minimum Gasteiger partial charge on any atom is -0.462 e. The number of hydrogen-bond donors (Lipinski definition) is 0. The highest BCUT2D eigenvalue weighted by Crippen LogP contribution is 2.14. The lowest BCUT2D eigenvalue weighted by Crippen LogP contribution is -2.31. The van der Waals surface area contributed by atoms with Crippen LogP contribution in [-0.2, 0) is 22.1 Å². The van der Waals surface area contributed by atoms with Gasteiger partial charge >= 0.3 is 5.97 Å². The van der Waals surface area contributed by atoms with Gasteiger partial charge in [0.15, 0.2) is 0 Å². The van der Waals surface area contributed by atoms with E-state index in [0.717, 1.165) is 0 Å². The second kappa shape index (κ2) is 6.83.